The van der Waals surface area contributed by atoms with E-state index in [0.29, 0.717) is 11.3 Å². The summed E-state index contributed by atoms with van der Waals surface area (Å²) >= 11 is 0. The number of rotatable bonds is 2. The topological polar surface area (TPSA) is 48.4 Å². The Bertz CT molecular complexity index is 538. The highest BCUT2D eigenvalue weighted by Crippen LogP contribution is 2.24. The van der Waals surface area contributed by atoms with Crippen molar-refractivity contribution in [3.8, 4) is 5.75 Å². The van der Waals surface area contributed by atoms with Crippen LogP contribution in [0.4, 0.5) is 0 Å². The number of hydrogen-bond donors (Lipinski definition) is 0. The normalized spacial score (nSPS) is 9.33. The number of pyridine rings is 1. The number of carbonyl (C=O) groups is 1. The Labute approximate surface area is 107 Å². The SMILES string of the molecule is CC.COC(=O)c1ccc2nccc(OC)c2c1. The Morgan fingerprint density at radius 3 is 2.50 bits per heavy atom. The Hall–Kier alpha value is -2.10. The molecule has 0 bridgehead atoms. The van der Waals surface area contributed by atoms with Crippen LogP contribution in [0.5, 0.6) is 5.75 Å². The average molecular weight is 247 g/mol. The van der Waals surface area contributed by atoms with Gasteiger partial charge in [0.15, 0.2) is 0 Å². The average Bonchev–Trinajstić information content (AvgIpc) is 2.47. The summed E-state index contributed by atoms with van der Waals surface area (Å²) in [5.41, 5.74) is 1.27. The van der Waals surface area contributed by atoms with Gasteiger partial charge in [0.1, 0.15) is 5.75 Å². The van der Waals surface area contributed by atoms with Gasteiger partial charge in [0.2, 0.25) is 0 Å². The van der Waals surface area contributed by atoms with Crippen molar-refractivity contribution in [1.29, 1.82) is 0 Å². The van der Waals surface area contributed by atoms with Crippen LogP contribution in [-0.4, -0.2) is 25.2 Å². The number of ether oxygens (including phenoxy) is 2. The fraction of sp³-hybridized carbons (Fsp3) is 0.286. The van der Waals surface area contributed by atoms with E-state index in [1.54, 1.807) is 37.6 Å². The summed E-state index contributed by atoms with van der Waals surface area (Å²) in [5.74, 6) is 0.323. The molecule has 0 saturated carbocycles. The van der Waals surface area contributed by atoms with Gasteiger partial charge in [-0.05, 0) is 24.3 Å². The van der Waals surface area contributed by atoms with Gasteiger partial charge >= 0.3 is 5.97 Å². The summed E-state index contributed by atoms with van der Waals surface area (Å²) in [6, 6.07) is 6.92. The molecule has 0 aliphatic carbocycles. The van der Waals surface area contributed by atoms with Gasteiger partial charge in [0.25, 0.3) is 0 Å². The molecule has 18 heavy (non-hydrogen) atoms. The molecule has 0 fully saturated rings. The number of aromatic nitrogens is 1. The van der Waals surface area contributed by atoms with Crippen LogP contribution >= 0.6 is 0 Å². The zero-order valence-electron chi connectivity index (χ0n) is 11.1. The molecular weight excluding hydrogens is 230 g/mol. The smallest absolute Gasteiger partial charge is 0.337 e. The molecule has 0 N–H and O–H groups in total. The van der Waals surface area contributed by atoms with Crippen molar-refractivity contribution in [3.05, 3.63) is 36.0 Å². The minimum absolute atomic E-state index is 0.368. The zero-order valence-corrected chi connectivity index (χ0v) is 11.1. The van der Waals surface area contributed by atoms with Crippen molar-refractivity contribution >= 4 is 16.9 Å². The molecule has 2 aromatic rings. The van der Waals surface area contributed by atoms with E-state index in [1.807, 2.05) is 13.8 Å². The largest absolute Gasteiger partial charge is 0.496 e. The molecule has 4 heteroatoms. The summed E-state index contributed by atoms with van der Waals surface area (Å²) in [4.78, 5) is 15.6. The molecule has 4 nitrogen and oxygen atoms in total. The zero-order chi connectivity index (χ0) is 13.5. The number of esters is 1. The van der Waals surface area contributed by atoms with Gasteiger partial charge in [-0.15, -0.1) is 0 Å². The Balaban J connectivity index is 0.000000771. The van der Waals surface area contributed by atoms with Crippen molar-refractivity contribution in [3.63, 3.8) is 0 Å². The van der Waals surface area contributed by atoms with E-state index in [9.17, 15) is 4.79 Å². The van der Waals surface area contributed by atoms with E-state index >= 15 is 0 Å². The van der Waals surface area contributed by atoms with Crippen molar-refractivity contribution in [1.82, 2.24) is 4.98 Å². The second-order valence-corrected chi connectivity index (χ2v) is 3.24. The fourth-order valence-corrected chi connectivity index (χ4v) is 1.54. The number of carbonyl (C=O) groups excluding carboxylic acids is 1. The van der Waals surface area contributed by atoms with Gasteiger partial charge in [-0.25, -0.2) is 4.79 Å². The molecule has 2 rings (SSSR count). The summed E-state index contributed by atoms with van der Waals surface area (Å²) in [6.45, 7) is 4.00. The Kier molecular flexibility index (Phi) is 5.11. The van der Waals surface area contributed by atoms with E-state index in [-0.39, 0.29) is 5.97 Å². The molecule has 0 radical (unpaired) electrons. The number of fused-ring (bicyclic) bond motifs is 1. The maximum absolute atomic E-state index is 11.4. The van der Waals surface area contributed by atoms with Crippen LogP contribution in [0.25, 0.3) is 10.9 Å². The highest BCUT2D eigenvalue weighted by atomic mass is 16.5. The monoisotopic (exact) mass is 247 g/mol. The minimum Gasteiger partial charge on any atom is -0.496 e. The molecule has 0 spiro atoms. The van der Waals surface area contributed by atoms with E-state index in [0.717, 1.165) is 10.9 Å². The van der Waals surface area contributed by atoms with Gasteiger partial charge in [0, 0.05) is 11.6 Å². The van der Waals surface area contributed by atoms with Gasteiger partial charge in [-0.2, -0.15) is 0 Å². The lowest BCUT2D eigenvalue weighted by Crippen LogP contribution is -2.01. The summed E-state index contributed by atoms with van der Waals surface area (Å²) < 4.78 is 9.86. The van der Waals surface area contributed by atoms with E-state index in [2.05, 4.69) is 9.72 Å². The van der Waals surface area contributed by atoms with Crippen LogP contribution in [0, 0.1) is 0 Å². The van der Waals surface area contributed by atoms with Gasteiger partial charge < -0.3 is 9.47 Å². The predicted molar refractivity (Wildman–Crippen MR) is 71.0 cm³/mol. The van der Waals surface area contributed by atoms with Crippen LogP contribution in [0.1, 0.15) is 24.2 Å². The van der Waals surface area contributed by atoms with Gasteiger partial charge in [-0.3, -0.25) is 4.98 Å². The molecule has 1 aromatic heterocycles. The maximum Gasteiger partial charge on any atom is 0.337 e. The van der Waals surface area contributed by atoms with E-state index in [4.69, 9.17) is 4.74 Å². The molecule has 0 atom stereocenters. The third-order valence-electron chi connectivity index (χ3n) is 2.34. The lowest BCUT2D eigenvalue weighted by molar-refractivity contribution is 0.0601. The first-order chi connectivity index (χ1) is 8.76. The Morgan fingerprint density at radius 2 is 1.89 bits per heavy atom. The summed E-state index contributed by atoms with van der Waals surface area (Å²) in [6.07, 6.45) is 1.67. The van der Waals surface area contributed by atoms with Crippen LogP contribution in [0.2, 0.25) is 0 Å². The van der Waals surface area contributed by atoms with Gasteiger partial charge in [0.05, 0.1) is 25.3 Å². The first-order valence-corrected chi connectivity index (χ1v) is 5.77. The molecule has 1 aromatic carbocycles. The molecular formula is C14H17NO3. The van der Waals surface area contributed by atoms with Crippen LogP contribution in [0.3, 0.4) is 0 Å². The summed E-state index contributed by atoms with van der Waals surface area (Å²) in [5, 5.41) is 0.799. The molecule has 0 amide bonds. The number of nitrogens with zero attached hydrogens (tertiary/aromatic N) is 1. The highest BCUT2D eigenvalue weighted by molar-refractivity contribution is 5.96. The van der Waals surface area contributed by atoms with E-state index < -0.39 is 0 Å². The first-order valence-electron chi connectivity index (χ1n) is 5.77. The third-order valence-corrected chi connectivity index (χ3v) is 2.34. The number of methoxy groups -OCH3 is 2. The van der Waals surface area contributed by atoms with Crippen molar-refractivity contribution in [2.75, 3.05) is 14.2 Å². The first kappa shape index (κ1) is 14.0. The maximum atomic E-state index is 11.4. The quantitative estimate of drug-likeness (QED) is 0.765. The standard InChI is InChI=1S/C12H11NO3.C2H6/c1-15-11-5-6-13-10-4-3-8(7-9(10)11)12(14)16-2;1-2/h3-7H,1-2H3;1-2H3. The minimum atomic E-state index is -0.368. The summed E-state index contributed by atoms with van der Waals surface area (Å²) in [7, 11) is 2.94. The molecule has 96 valence electrons. The number of hydrogen-bond acceptors (Lipinski definition) is 4. The molecule has 0 unspecified atom stereocenters. The lowest BCUT2D eigenvalue weighted by atomic mass is 10.1. The molecule has 1 heterocycles. The third kappa shape index (κ3) is 2.77. The predicted octanol–water partition coefficient (Wildman–Crippen LogP) is 3.06. The van der Waals surface area contributed by atoms with Crippen LogP contribution in [0.15, 0.2) is 30.5 Å². The fourth-order valence-electron chi connectivity index (χ4n) is 1.54. The van der Waals surface area contributed by atoms with Crippen LogP contribution < -0.4 is 4.74 Å². The number of benzene rings is 1. The lowest BCUT2D eigenvalue weighted by Gasteiger charge is -2.05. The van der Waals surface area contributed by atoms with Crippen molar-refractivity contribution in [2.24, 2.45) is 0 Å². The highest BCUT2D eigenvalue weighted by Gasteiger charge is 2.08. The Morgan fingerprint density at radius 1 is 1.17 bits per heavy atom. The van der Waals surface area contributed by atoms with Crippen molar-refractivity contribution in [2.45, 2.75) is 13.8 Å². The molecule has 0 aliphatic rings. The van der Waals surface area contributed by atoms with Gasteiger partial charge in [-0.1, -0.05) is 13.8 Å². The second kappa shape index (κ2) is 6.59. The van der Waals surface area contributed by atoms with Crippen LogP contribution in [-0.2, 0) is 4.74 Å². The van der Waals surface area contributed by atoms with Crippen molar-refractivity contribution < 1.29 is 14.3 Å². The van der Waals surface area contributed by atoms with E-state index in [1.165, 1.54) is 7.11 Å². The molecule has 0 aliphatic heterocycles. The molecule has 0 saturated heterocycles. The second-order valence-electron chi connectivity index (χ2n) is 3.24.